The molecular formula is C23H27N7O. The SMILES string of the molecule is Cc1nn(C)c2c1/C=C/c1[nH]nc3ccc(cc13)-c1cnn(C)c1CN(C)C[C@H](C)O2. The Morgan fingerprint density at radius 3 is 2.81 bits per heavy atom. The van der Waals surface area contributed by atoms with Gasteiger partial charge in [-0.25, -0.2) is 4.68 Å². The summed E-state index contributed by atoms with van der Waals surface area (Å²) in [6.45, 7) is 5.64. The van der Waals surface area contributed by atoms with Gasteiger partial charge in [0.2, 0.25) is 5.88 Å². The van der Waals surface area contributed by atoms with Gasteiger partial charge in [-0.15, -0.1) is 0 Å². The number of ether oxygens (including phenoxy) is 1. The van der Waals surface area contributed by atoms with Gasteiger partial charge in [-0.1, -0.05) is 6.07 Å². The topological polar surface area (TPSA) is 76.8 Å². The highest BCUT2D eigenvalue weighted by atomic mass is 16.5. The number of nitrogens with zero attached hydrogens (tertiary/aromatic N) is 6. The normalized spacial score (nSPS) is 18.3. The Hall–Kier alpha value is -3.39. The van der Waals surface area contributed by atoms with Crippen LogP contribution in [0.1, 0.15) is 29.6 Å². The van der Waals surface area contributed by atoms with Crippen molar-refractivity contribution >= 4 is 23.1 Å². The molecule has 0 spiro atoms. The van der Waals surface area contributed by atoms with E-state index < -0.39 is 0 Å². The number of nitrogens with one attached hydrogen (secondary N) is 1. The second kappa shape index (κ2) is 7.39. The summed E-state index contributed by atoms with van der Waals surface area (Å²) in [7, 11) is 6.03. The van der Waals surface area contributed by atoms with Gasteiger partial charge in [0.25, 0.3) is 0 Å². The predicted molar refractivity (Wildman–Crippen MR) is 122 cm³/mol. The van der Waals surface area contributed by atoms with Crippen LogP contribution in [0.2, 0.25) is 0 Å². The lowest BCUT2D eigenvalue weighted by Crippen LogP contribution is -2.32. The van der Waals surface area contributed by atoms with Crippen molar-refractivity contribution in [3.63, 3.8) is 0 Å². The van der Waals surface area contributed by atoms with Crippen LogP contribution in [0.3, 0.4) is 0 Å². The van der Waals surface area contributed by atoms with Crippen molar-refractivity contribution in [1.82, 2.24) is 34.7 Å². The van der Waals surface area contributed by atoms with Crippen molar-refractivity contribution in [2.45, 2.75) is 26.5 Å². The van der Waals surface area contributed by atoms with E-state index in [2.05, 4.69) is 69.6 Å². The Morgan fingerprint density at radius 1 is 1.13 bits per heavy atom. The Morgan fingerprint density at radius 2 is 1.97 bits per heavy atom. The number of fused-ring (bicyclic) bond motifs is 4. The maximum absolute atomic E-state index is 6.35. The van der Waals surface area contributed by atoms with E-state index in [0.717, 1.165) is 58.0 Å². The van der Waals surface area contributed by atoms with Gasteiger partial charge in [0.05, 0.1) is 34.4 Å². The van der Waals surface area contributed by atoms with Gasteiger partial charge in [-0.2, -0.15) is 15.3 Å². The number of benzene rings is 1. The van der Waals surface area contributed by atoms with Crippen molar-refractivity contribution < 1.29 is 4.74 Å². The lowest BCUT2D eigenvalue weighted by molar-refractivity contribution is 0.146. The summed E-state index contributed by atoms with van der Waals surface area (Å²) in [5.74, 6) is 0.773. The van der Waals surface area contributed by atoms with Crippen molar-refractivity contribution in [3.8, 4) is 17.0 Å². The second-order valence-electron chi connectivity index (χ2n) is 8.38. The molecule has 5 rings (SSSR count). The maximum atomic E-state index is 6.35. The molecule has 160 valence electrons. The average Bonchev–Trinajstić information content (AvgIpc) is 3.36. The average molecular weight is 418 g/mol. The number of H-pyrrole nitrogens is 1. The Labute approximate surface area is 181 Å². The van der Waals surface area contributed by atoms with Gasteiger partial charge in [0, 0.05) is 38.1 Å². The standard InChI is InChI=1S/C23H27N7O/c1-14-12-28(3)13-22-19(11-24-29(22)4)16-6-8-20-18(10-16)21(26-25-20)9-7-17-15(2)27-30(5)23(17)31-14/h6-11,14H,12-13H2,1-5H3,(H,25,26)/b9-7+/t14-/m0/s1. The molecule has 4 heterocycles. The van der Waals surface area contributed by atoms with E-state index in [1.165, 1.54) is 5.69 Å². The zero-order valence-electron chi connectivity index (χ0n) is 18.5. The molecule has 1 aliphatic rings. The van der Waals surface area contributed by atoms with E-state index in [0.29, 0.717) is 0 Å². The van der Waals surface area contributed by atoms with E-state index >= 15 is 0 Å². The largest absolute Gasteiger partial charge is 0.473 e. The molecule has 3 aromatic heterocycles. The third kappa shape index (κ3) is 3.42. The summed E-state index contributed by atoms with van der Waals surface area (Å²) in [4.78, 5) is 2.27. The highest BCUT2D eigenvalue weighted by Gasteiger charge is 2.20. The molecule has 2 bridgehead atoms. The van der Waals surface area contributed by atoms with E-state index in [1.807, 2.05) is 36.6 Å². The Bertz CT molecular complexity index is 1290. The first-order valence-corrected chi connectivity index (χ1v) is 10.5. The molecule has 8 heteroatoms. The fourth-order valence-electron chi connectivity index (χ4n) is 4.35. The van der Waals surface area contributed by atoms with Crippen LogP contribution in [-0.4, -0.2) is 54.4 Å². The number of likely N-dealkylation sites (N-methyl/N-ethyl adjacent to an activating group) is 1. The molecule has 1 N–H and O–H groups in total. The first-order chi connectivity index (χ1) is 14.9. The third-order valence-electron chi connectivity index (χ3n) is 5.89. The lowest BCUT2D eigenvalue weighted by atomic mass is 10.0. The van der Waals surface area contributed by atoms with Crippen LogP contribution in [0.15, 0.2) is 24.4 Å². The van der Waals surface area contributed by atoms with Crippen LogP contribution < -0.4 is 4.74 Å². The fourth-order valence-corrected chi connectivity index (χ4v) is 4.35. The van der Waals surface area contributed by atoms with Gasteiger partial charge in [0.15, 0.2) is 0 Å². The quantitative estimate of drug-likeness (QED) is 0.475. The summed E-state index contributed by atoms with van der Waals surface area (Å²) in [6, 6.07) is 6.36. The number of hydrogen-bond acceptors (Lipinski definition) is 5. The minimum Gasteiger partial charge on any atom is -0.473 e. The van der Waals surface area contributed by atoms with Crippen LogP contribution in [-0.2, 0) is 20.6 Å². The highest BCUT2D eigenvalue weighted by Crippen LogP contribution is 2.31. The van der Waals surface area contributed by atoms with Crippen molar-refractivity contribution in [1.29, 1.82) is 0 Å². The van der Waals surface area contributed by atoms with Crippen LogP contribution in [0.25, 0.3) is 34.2 Å². The fraction of sp³-hybridized carbons (Fsp3) is 0.348. The van der Waals surface area contributed by atoms with E-state index in [1.54, 1.807) is 0 Å². The zero-order valence-corrected chi connectivity index (χ0v) is 18.5. The summed E-state index contributed by atoms with van der Waals surface area (Å²) in [5, 5.41) is 17.8. The third-order valence-corrected chi connectivity index (χ3v) is 5.89. The summed E-state index contributed by atoms with van der Waals surface area (Å²) in [5.41, 5.74) is 7.25. The molecule has 4 aromatic rings. The summed E-state index contributed by atoms with van der Waals surface area (Å²) >= 11 is 0. The van der Waals surface area contributed by atoms with Gasteiger partial charge >= 0.3 is 0 Å². The lowest BCUT2D eigenvalue weighted by Gasteiger charge is -2.23. The van der Waals surface area contributed by atoms with Gasteiger partial charge in [-0.3, -0.25) is 14.7 Å². The molecular weight excluding hydrogens is 390 g/mol. The minimum absolute atomic E-state index is 0.00587. The monoisotopic (exact) mass is 417 g/mol. The van der Waals surface area contributed by atoms with Crippen LogP contribution in [0.4, 0.5) is 0 Å². The molecule has 0 aliphatic carbocycles. The Balaban J connectivity index is 1.70. The molecule has 0 saturated heterocycles. The Kier molecular flexibility index (Phi) is 4.66. The first kappa shape index (κ1) is 19.6. The molecule has 1 aliphatic heterocycles. The van der Waals surface area contributed by atoms with Crippen molar-refractivity contribution in [2.75, 3.05) is 13.6 Å². The van der Waals surface area contributed by atoms with Gasteiger partial charge < -0.3 is 4.74 Å². The maximum Gasteiger partial charge on any atom is 0.219 e. The first-order valence-electron chi connectivity index (χ1n) is 10.5. The van der Waals surface area contributed by atoms with Crippen LogP contribution in [0.5, 0.6) is 5.88 Å². The molecule has 0 radical (unpaired) electrons. The molecule has 8 nitrogen and oxygen atoms in total. The van der Waals surface area contributed by atoms with Crippen molar-refractivity contribution in [2.24, 2.45) is 14.1 Å². The smallest absolute Gasteiger partial charge is 0.219 e. The number of aromatic amines is 1. The van der Waals surface area contributed by atoms with E-state index in [-0.39, 0.29) is 6.10 Å². The molecule has 0 fully saturated rings. The zero-order chi connectivity index (χ0) is 21.7. The van der Waals surface area contributed by atoms with Crippen LogP contribution in [0, 0.1) is 6.92 Å². The number of hydrogen-bond donors (Lipinski definition) is 1. The summed E-state index contributed by atoms with van der Waals surface area (Å²) < 4.78 is 10.1. The molecule has 1 atom stereocenters. The highest BCUT2D eigenvalue weighted by molar-refractivity contribution is 5.93. The predicted octanol–water partition coefficient (Wildman–Crippen LogP) is 3.39. The number of aromatic nitrogens is 6. The number of aryl methyl sites for hydroxylation is 3. The van der Waals surface area contributed by atoms with Gasteiger partial charge in [0.1, 0.15) is 6.10 Å². The second-order valence-corrected chi connectivity index (χ2v) is 8.38. The van der Waals surface area contributed by atoms with Crippen LogP contribution >= 0.6 is 0 Å². The molecule has 1 aromatic carbocycles. The molecule has 0 amide bonds. The molecule has 31 heavy (non-hydrogen) atoms. The van der Waals surface area contributed by atoms with Crippen molar-refractivity contribution in [3.05, 3.63) is 47.0 Å². The summed E-state index contributed by atoms with van der Waals surface area (Å²) in [6.07, 6.45) is 6.05. The number of rotatable bonds is 0. The minimum atomic E-state index is -0.00587. The molecule has 0 unspecified atom stereocenters. The van der Waals surface area contributed by atoms with Gasteiger partial charge in [-0.05, 0) is 50.7 Å². The van der Waals surface area contributed by atoms with E-state index in [4.69, 9.17) is 4.74 Å². The molecule has 0 saturated carbocycles. The van der Waals surface area contributed by atoms with E-state index in [9.17, 15) is 0 Å².